The summed E-state index contributed by atoms with van der Waals surface area (Å²) in [6, 6.07) is 25.8. The van der Waals surface area contributed by atoms with Gasteiger partial charge in [0.05, 0.1) is 0 Å². The molecule has 29 heavy (non-hydrogen) atoms. The highest BCUT2D eigenvalue weighted by molar-refractivity contribution is 5.63. The van der Waals surface area contributed by atoms with Gasteiger partial charge in [-0.1, -0.05) is 67.6 Å². The predicted molar refractivity (Wildman–Crippen MR) is 121 cm³/mol. The van der Waals surface area contributed by atoms with E-state index in [0.717, 1.165) is 24.8 Å². The second-order valence-electron chi connectivity index (χ2n) is 8.03. The van der Waals surface area contributed by atoms with Gasteiger partial charge in [0.1, 0.15) is 12.4 Å². The van der Waals surface area contributed by atoms with Gasteiger partial charge in [-0.3, -0.25) is 0 Å². The van der Waals surface area contributed by atoms with E-state index in [-0.39, 0.29) is 0 Å². The van der Waals surface area contributed by atoms with Crippen LogP contribution in [0.25, 0.3) is 11.1 Å². The van der Waals surface area contributed by atoms with Gasteiger partial charge in [0.25, 0.3) is 0 Å². The molecule has 1 unspecified atom stereocenters. The highest BCUT2D eigenvalue weighted by atomic mass is 16.5. The summed E-state index contributed by atoms with van der Waals surface area (Å²) in [7, 11) is 0. The van der Waals surface area contributed by atoms with E-state index in [1.54, 1.807) is 0 Å². The number of aryl methyl sites for hydroxylation is 1. The summed E-state index contributed by atoms with van der Waals surface area (Å²) in [5, 5.41) is 3.45. The molecular weight excluding hydrogens is 354 g/mol. The Hall–Kier alpha value is -2.58. The molecule has 3 aromatic carbocycles. The normalized spacial score (nSPS) is 15.7. The molecule has 3 aromatic rings. The highest BCUT2D eigenvalue weighted by Crippen LogP contribution is 2.30. The Morgan fingerprint density at radius 2 is 1.69 bits per heavy atom. The molecule has 0 fully saturated rings. The van der Waals surface area contributed by atoms with Crippen molar-refractivity contribution in [1.82, 2.24) is 5.32 Å². The molecule has 1 atom stereocenters. The quantitative estimate of drug-likeness (QED) is 0.478. The third-order valence-electron chi connectivity index (χ3n) is 5.95. The zero-order valence-electron chi connectivity index (χ0n) is 17.4. The summed E-state index contributed by atoms with van der Waals surface area (Å²) in [5.41, 5.74) is 6.68. The zero-order valence-corrected chi connectivity index (χ0v) is 17.4. The SMILES string of the molecule is CCNCCC1CCc2cc(OCc3ccc(-c4ccccc4)cc3)ccc2C1. The third kappa shape index (κ3) is 5.27. The first-order valence-electron chi connectivity index (χ1n) is 10.9. The molecule has 0 saturated carbocycles. The van der Waals surface area contributed by atoms with Gasteiger partial charge in [-0.2, -0.15) is 0 Å². The second kappa shape index (κ2) is 9.76. The van der Waals surface area contributed by atoms with E-state index in [1.165, 1.54) is 53.5 Å². The number of nitrogens with one attached hydrogen (secondary N) is 1. The Labute approximate surface area is 174 Å². The third-order valence-corrected chi connectivity index (χ3v) is 5.95. The molecular formula is C27H31NO. The standard InChI is InChI=1S/C27H31NO/c1-2-28-17-16-21-8-13-26-19-27(15-14-25(26)18-21)29-20-22-9-11-24(12-10-22)23-6-4-3-5-7-23/h3-7,9-12,14-15,19,21,28H,2,8,13,16-18,20H2,1H3. The van der Waals surface area contributed by atoms with Crippen LogP contribution < -0.4 is 10.1 Å². The Bertz CT molecular complexity index is 902. The van der Waals surface area contributed by atoms with Crippen LogP contribution in [0.1, 0.15) is 36.5 Å². The fourth-order valence-corrected chi connectivity index (χ4v) is 4.22. The summed E-state index contributed by atoms with van der Waals surface area (Å²) in [4.78, 5) is 0. The Kier molecular flexibility index (Phi) is 6.63. The van der Waals surface area contributed by atoms with E-state index >= 15 is 0 Å². The van der Waals surface area contributed by atoms with E-state index in [4.69, 9.17) is 4.74 Å². The zero-order chi connectivity index (χ0) is 19.9. The molecule has 0 saturated heterocycles. The first-order valence-corrected chi connectivity index (χ1v) is 10.9. The lowest BCUT2D eigenvalue weighted by molar-refractivity contribution is 0.305. The molecule has 0 aromatic heterocycles. The average Bonchev–Trinajstić information content (AvgIpc) is 2.79. The number of hydrogen-bond donors (Lipinski definition) is 1. The van der Waals surface area contributed by atoms with Crippen LogP contribution >= 0.6 is 0 Å². The van der Waals surface area contributed by atoms with Crippen LogP contribution in [-0.2, 0) is 19.4 Å². The van der Waals surface area contributed by atoms with Crippen molar-refractivity contribution >= 4 is 0 Å². The molecule has 0 aliphatic heterocycles. The molecule has 2 nitrogen and oxygen atoms in total. The molecule has 0 spiro atoms. The first kappa shape index (κ1) is 19.7. The minimum atomic E-state index is 0.610. The van der Waals surface area contributed by atoms with Crippen molar-refractivity contribution < 1.29 is 4.74 Å². The van der Waals surface area contributed by atoms with E-state index < -0.39 is 0 Å². The number of benzene rings is 3. The van der Waals surface area contributed by atoms with Crippen LogP contribution in [0, 0.1) is 5.92 Å². The molecule has 1 aliphatic carbocycles. The molecule has 0 heterocycles. The summed E-state index contributed by atoms with van der Waals surface area (Å²) in [6.45, 7) is 4.99. The first-order chi connectivity index (χ1) is 14.3. The van der Waals surface area contributed by atoms with Crippen molar-refractivity contribution in [3.05, 3.63) is 89.5 Å². The summed E-state index contributed by atoms with van der Waals surface area (Å²) < 4.78 is 6.10. The van der Waals surface area contributed by atoms with E-state index in [0.29, 0.717) is 6.61 Å². The lowest BCUT2D eigenvalue weighted by Crippen LogP contribution is -2.21. The number of hydrogen-bond acceptors (Lipinski definition) is 2. The molecule has 150 valence electrons. The van der Waals surface area contributed by atoms with Gasteiger partial charge in [-0.15, -0.1) is 0 Å². The van der Waals surface area contributed by atoms with Gasteiger partial charge in [-0.05, 0) is 84.6 Å². The van der Waals surface area contributed by atoms with E-state index in [1.807, 2.05) is 6.07 Å². The van der Waals surface area contributed by atoms with Crippen molar-refractivity contribution in [3.63, 3.8) is 0 Å². The number of fused-ring (bicyclic) bond motifs is 1. The van der Waals surface area contributed by atoms with Crippen molar-refractivity contribution in [1.29, 1.82) is 0 Å². The lowest BCUT2D eigenvalue weighted by Gasteiger charge is -2.25. The Morgan fingerprint density at radius 1 is 0.897 bits per heavy atom. The molecule has 1 N–H and O–H groups in total. The molecule has 4 rings (SSSR count). The molecule has 0 radical (unpaired) electrons. The van der Waals surface area contributed by atoms with Gasteiger partial charge in [-0.25, -0.2) is 0 Å². The van der Waals surface area contributed by atoms with Gasteiger partial charge in [0.15, 0.2) is 0 Å². The maximum absolute atomic E-state index is 6.10. The molecule has 0 bridgehead atoms. The highest BCUT2D eigenvalue weighted by Gasteiger charge is 2.18. The Morgan fingerprint density at radius 3 is 2.48 bits per heavy atom. The van der Waals surface area contributed by atoms with Crippen molar-refractivity contribution in [2.24, 2.45) is 5.92 Å². The number of rotatable bonds is 8. The fraction of sp³-hybridized carbons (Fsp3) is 0.333. The predicted octanol–water partition coefficient (Wildman–Crippen LogP) is 6.04. The second-order valence-corrected chi connectivity index (χ2v) is 8.03. The monoisotopic (exact) mass is 385 g/mol. The summed E-state index contributed by atoms with van der Waals surface area (Å²) in [6.07, 6.45) is 4.96. The average molecular weight is 386 g/mol. The van der Waals surface area contributed by atoms with Crippen molar-refractivity contribution in [2.75, 3.05) is 13.1 Å². The Balaban J connectivity index is 1.33. The van der Waals surface area contributed by atoms with Crippen LogP contribution in [0.2, 0.25) is 0 Å². The molecule has 1 aliphatic rings. The van der Waals surface area contributed by atoms with Crippen molar-refractivity contribution in [3.8, 4) is 16.9 Å². The minimum absolute atomic E-state index is 0.610. The maximum Gasteiger partial charge on any atom is 0.120 e. The maximum atomic E-state index is 6.10. The van der Waals surface area contributed by atoms with Crippen LogP contribution in [0.4, 0.5) is 0 Å². The van der Waals surface area contributed by atoms with Gasteiger partial charge in [0.2, 0.25) is 0 Å². The van der Waals surface area contributed by atoms with Crippen LogP contribution in [-0.4, -0.2) is 13.1 Å². The molecule has 2 heteroatoms. The van der Waals surface area contributed by atoms with Gasteiger partial charge in [0, 0.05) is 0 Å². The van der Waals surface area contributed by atoms with E-state index in [2.05, 4.69) is 79.0 Å². The minimum Gasteiger partial charge on any atom is -0.489 e. The molecule has 0 amide bonds. The van der Waals surface area contributed by atoms with Crippen molar-refractivity contribution in [2.45, 2.75) is 39.2 Å². The summed E-state index contributed by atoms with van der Waals surface area (Å²) >= 11 is 0. The van der Waals surface area contributed by atoms with Crippen LogP contribution in [0.3, 0.4) is 0 Å². The number of ether oxygens (including phenoxy) is 1. The largest absolute Gasteiger partial charge is 0.489 e. The van der Waals surface area contributed by atoms with Crippen LogP contribution in [0.15, 0.2) is 72.8 Å². The smallest absolute Gasteiger partial charge is 0.120 e. The van der Waals surface area contributed by atoms with Crippen LogP contribution in [0.5, 0.6) is 5.75 Å². The van der Waals surface area contributed by atoms with Gasteiger partial charge < -0.3 is 10.1 Å². The van der Waals surface area contributed by atoms with Gasteiger partial charge >= 0.3 is 0 Å². The topological polar surface area (TPSA) is 21.3 Å². The van der Waals surface area contributed by atoms with E-state index in [9.17, 15) is 0 Å². The fourth-order valence-electron chi connectivity index (χ4n) is 4.22. The summed E-state index contributed by atoms with van der Waals surface area (Å²) in [5.74, 6) is 1.80. The lowest BCUT2D eigenvalue weighted by atomic mass is 9.82.